The first-order valence-electron chi connectivity index (χ1n) is 5.48. The smallest absolute Gasteiger partial charge is 0.253 e. The molecule has 0 aromatic carbocycles. The van der Waals surface area contributed by atoms with Crippen LogP contribution >= 0.6 is 22.6 Å². The summed E-state index contributed by atoms with van der Waals surface area (Å²) in [6.07, 6.45) is 3.00. The Balaban J connectivity index is 2.64. The van der Waals surface area contributed by atoms with Crippen molar-refractivity contribution in [1.29, 1.82) is 0 Å². The lowest BCUT2D eigenvalue weighted by Gasteiger charge is -2.11. The quantitative estimate of drug-likeness (QED) is 0.777. The summed E-state index contributed by atoms with van der Waals surface area (Å²) < 4.78 is 2.72. The van der Waals surface area contributed by atoms with Crippen molar-refractivity contribution in [1.82, 2.24) is 9.47 Å². The number of halogens is 1. The van der Waals surface area contributed by atoms with Gasteiger partial charge in [-0.2, -0.15) is 0 Å². The van der Waals surface area contributed by atoms with Gasteiger partial charge in [0.2, 0.25) is 5.91 Å². The summed E-state index contributed by atoms with van der Waals surface area (Å²) in [5.74, 6) is 0.0976. The second kappa shape index (κ2) is 6.18. The Morgan fingerprint density at radius 2 is 2.12 bits per heavy atom. The second-order valence-electron chi connectivity index (χ2n) is 4.23. The van der Waals surface area contributed by atoms with Gasteiger partial charge in [-0.15, -0.1) is 0 Å². The number of hydrogen-bond acceptors (Lipinski definition) is 2. The highest BCUT2D eigenvalue weighted by atomic mass is 127. The molecule has 0 saturated heterocycles. The third kappa shape index (κ3) is 4.14. The van der Waals surface area contributed by atoms with Gasteiger partial charge in [0.05, 0.1) is 0 Å². The average Bonchev–Trinajstić information content (AvgIpc) is 2.24. The fourth-order valence-electron chi connectivity index (χ4n) is 1.53. The van der Waals surface area contributed by atoms with Crippen LogP contribution in [0, 0.1) is 10.5 Å². The highest BCUT2D eigenvalue weighted by Crippen LogP contribution is 2.04. The van der Waals surface area contributed by atoms with E-state index in [1.54, 1.807) is 23.6 Å². The molecule has 0 saturated carbocycles. The van der Waals surface area contributed by atoms with Gasteiger partial charge < -0.3 is 9.47 Å². The average molecular weight is 348 g/mol. The zero-order valence-corrected chi connectivity index (χ0v) is 12.5. The van der Waals surface area contributed by atoms with Crippen LogP contribution in [0.4, 0.5) is 0 Å². The van der Waals surface area contributed by atoms with Crippen molar-refractivity contribution in [2.24, 2.45) is 0 Å². The molecule has 4 nitrogen and oxygen atoms in total. The van der Waals surface area contributed by atoms with E-state index in [0.29, 0.717) is 19.4 Å². The lowest BCUT2D eigenvalue weighted by atomic mass is 10.2. The Morgan fingerprint density at radius 1 is 1.47 bits per heavy atom. The molecule has 0 aliphatic heterocycles. The van der Waals surface area contributed by atoms with Crippen molar-refractivity contribution < 1.29 is 4.79 Å². The second-order valence-corrected chi connectivity index (χ2v) is 5.48. The number of aromatic nitrogens is 1. The van der Waals surface area contributed by atoms with Gasteiger partial charge in [0, 0.05) is 42.4 Å². The van der Waals surface area contributed by atoms with E-state index < -0.39 is 0 Å². The number of rotatable bonds is 4. The van der Waals surface area contributed by atoms with Gasteiger partial charge in [-0.3, -0.25) is 9.59 Å². The minimum absolute atomic E-state index is 0.0303. The maximum atomic E-state index is 11.8. The zero-order valence-electron chi connectivity index (χ0n) is 10.4. The number of carbonyl (C=O) groups is 1. The van der Waals surface area contributed by atoms with Crippen molar-refractivity contribution in [3.63, 3.8) is 0 Å². The molecule has 0 aliphatic rings. The minimum Gasteiger partial charge on any atom is -0.349 e. The Morgan fingerprint density at radius 3 is 2.71 bits per heavy atom. The fraction of sp³-hybridized carbons (Fsp3) is 0.500. The zero-order chi connectivity index (χ0) is 13.0. The minimum atomic E-state index is 0.0303. The molecular weight excluding hydrogens is 331 g/mol. The molecule has 0 atom stereocenters. The molecule has 0 N–H and O–H groups in total. The van der Waals surface area contributed by atoms with Crippen LogP contribution in [-0.4, -0.2) is 29.5 Å². The molecule has 94 valence electrons. The van der Waals surface area contributed by atoms with Crippen molar-refractivity contribution in [3.05, 3.63) is 31.8 Å². The summed E-state index contributed by atoms with van der Waals surface area (Å²) in [5.41, 5.74) is 0.776. The van der Waals surface area contributed by atoms with E-state index in [2.05, 4.69) is 22.6 Å². The molecule has 5 heteroatoms. The molecule has 1 aromatic rings. The largest absolute Gasteiger partial charge is 0.349 e. The van der Waals surface area contributed by atoms with E-state index in [4.69, 9.17) is 0 Å². The van der Waals surface area contributed by atoms with Crippen LogP contribution in [0.2, 0.25) is 0 Å². The first-order chi connectivity index (χ1) is 7.91. The highest BCUT2D eigenvalue weighted by molar-refractivity contribution is 14.1. The van der Waals surface area contributed by atoms with Gasteiger partial charge >= 0.3 is 0 Å². The Labute approximate surface area is 115 Å². The summed E-state index contributed by atoms with van der Waals surface area (Å²) in [6.45, 7) is 2.40. The third-order valence-electron chi connectivity index (χ3n) is 2.52. The van der Waals surface area contributed by atoms with E-state index in [9.17, 15) is 9.59 Å². The lowest BCUT2D eigenvalue weighted by molar-refractivity contribution is -0.128. The number of carbonyl (C=O) groups excluding carboxylic acids is 1. The molecular formula is C12H17IN2O2. The predicted octanol–water partition coefficient (Wildman–Crippen LogP) is 1.63. The van der Waals surface area contributed by atoms with Crippen LogP contribution in [0.5, 0.6) is 0 Å². The normalized spacial score (nSPS) is 10.4. The van der Waals surface area contributed by atoms with Crippen LogP contribution in [0.1, 0.15) is 18.4 Å². The topological polar surface area (TPSA) is 42.3 Å². The van der Waals surface area contributed by atoms with E-state index in [1.807, 2.05) is 19.2 Å². The third-order valence-corrected chi connectivity index (χ3v) is 3.11. The number of nitrogens with zero attached hydrogens (tertiary/aromatic N) is 2. The van der Waals surface area contributed by atoms with Crippen LogP contribution in [0.3, 0.4) is 0 Å². The summed E-state index contributed by atoms with van der Waals surface area (Å²) in [6, 6.07) is 1.87. The van der Waals surface area contributed by atoms with Crippen LogP contribution in [0.15, 0.2) is 17.1 Å². The van der Waals surface area contributed by atoms with Gasteiger partial charge in [0.15, 0.2) is 0 Å². The van der Waals surface area contributed by atoms with Gasteiger partial charge in [-0.25, -0.2) is 0 Å². The molecule has 1 aromatic heterocycles. The van der Waals surface area contributed by atoms with E-state index >= 15 is 0 Å². The molecule has 0 unspecified atom stereocenters. The highest BCUT2D eigenvalue weighted by Gasteiger charge is 2.05. The van der Waals surface area contributed by atoms with E-state index in [-0.39, 0.29) is 11.5 Å². The molecule has 1 amide bonds. The maximum Gasteiger partial charge on any atom is 0.253 e. The maximum absolute atomic E-state index is 11.8. The molecule has 17 heavy (non-hydrogen) atoms. The van der Waals surface area contributed by atoms with Gasteiger partial charge in [0.25, 0.3) is 5.56 Å². The number of pyridine rings is 1. The van der Waals surface area contributed by atoms with Crippen molar-refractivity contribution in [2.45, 2.75) is 26.3 Å². The summed E-state index contributed by atoms with van der Waals surface area (Å²) >= 11 is 2.19. The van der Waals surface area contributed by atoms with Crippen LogP contribution in [-0.2, 0) is 11.3 Å². The lowest BCUT2D eigenvalue weighted by Crippen LogP contribution is -2.24. The predicted molar refractivity (Wildman–Crippen MR) is 76.1 cm³/mol. The van der Waals surface area contributed by atoms with E-state index in [1.165, 1.54) is 0 Å². The summed E-state index contributed by atoms with van der Waals surface area (Å²) in [7, 11) is 3.48. The van der Waals surface area contributed by atoms with Crippen molar-refractivity contribution in [3.8, 4) is 0 Å². The molecule has 1 heterocycles. The van der Waals surface area contributed by atoms with E-state index in [0.717, 1.165) is 9.13 Å². The van der Waals surface area contributed by atoms with Crippen LogP contribution in [0.25, 0.3) is 0 Å². The first-order valence-corrected chi connectivity index (χ1v) is 6.56. The number of hydrogen-bond donors (Lipinski definition) is 0. The van der Waals surface area contributed by atoms with Gasteiger partial charge in [-0.05, 0) is 42.0 Å². The number of amides is 1. The number of aryl methyl sites for hydroxylation is 2. The van der Waals surface area contributed by atoms with Crippen LogP contribution < -0.4 is 5.56 Å². The Hall–Kier alpha value is -0.850. The summed E-state index contributed by atoms with van der Waals surface area (Å²) in [5, 5.41) is 0. The molecule has 0 aliphatic carbocycles. The SMILES string of the molecule is Cc1cc(I)cn(CCCC(=O)N(C)C)c1=O. The fourth-order valence-corrected chi connectivity index (χ4v) is 2.33. The molecule has 1 rings (SSSR count). The van der Waals surface area contributed by atoms with Crippen molar-refractivity contribution >= 4 is 28.5 Å². The Kier molecular flexibility index (Phi) is 5.17. The van der Waals surface area contributed by atoms with Gasteiger partial charge in [-0.1, -0.05) is 0 Å². The standard InChI is InChI=1S/C12H17IN2O2/c1-9-7-10(13)8-15(12(9)17)6-4-5-11(16)14(2)3/h7-8H,4-6H2,1-3H3. The van der Waals surface area contributed by atoms with Gasteiger partial charge in [0.1, 0.15) is 0 Å². The molecule has 0 spiro atoms. The molecule has 0 radical (unpaired) electrons. The summed E-state index contributed by atoms with van der Waals surface area (Å²) in [4.78, 5) is 24.8. The first kappa shape index (κ1) is 14.2. The molecule has 0 fully saturated rings. The monoisotopic (exact) mass is 348 g/mol. The van der Waals surface area contributed by atoms with Crippen molar-refractivity contribution in [2.75, 3.05) is 14.1 Å². The Bertz CT molecular complexity index is 466. The molecule has 0 bridgehead atoms.